The molecule has 0 saturated carbocycles. The average molecular weight is 408 g/mol. The van der Waals surface area contributed by atoms with Crippen molar-refractivity contribution in [3.63, 3.8) is 0 Å². The molecular weight excluding hydrogens is 384 g/mol. The number of rotatable bonds is 7. The number of likely N-dealkylation sites (tertiary alicyclic amines) is 1. The second kappa shape index (κ2) is 7.28. The molecule has 3 aliphatic heterocycles. The number of carbonyl (C=O) groups excluding carboxylic acids is 2. The maximum atomic E-state index is 13.2. The van der Waals surface area contributed by atoms with E-state index in [1.165, 1.54) is 0 Å². The number of hydrogen-bond donors (Lipinski definition) is 1. The van der Waals surface area contributed by atoms with E-state index in [1.54, 1.807) is 23.0 Å². The third-order valence-corrected chi connectivity index (χ3v) is 6.18. The van der Waals surface area contributed by atoms with Crippen LogP contribution in [0.3, 0.4) is 0 Å². The number of amides is 2. The van der Waals surface area contributed by atoms with Crippen LogP contribution >= 0.6 is 0 Å². The number of aromatic nitrogens is 2. The molecular formula is C22H24N4O4. The van der Waals surface area contributed by atoms with E-state index in [4.69, 9.17) is 9.47 Å². The van der Waals surface area contributed by atoms with Crippen molar-refractivity contribution < 1.29 is 19.1 Å². The van der Waals surface area contributed by atoms with Gasteiger partial charge in [0.2, 0.25) is 11.8 Å². The minimum Gasteiger partial charge on any atom is -0.492 e. The molecule has 2 bridgehead atoms. The number of carbonyl (C=O) groups is 2. The van der Waals surface area contributed by atoms with Crippen molar-refractivity contribution in [3.05, 3.63) is 60.4 Å². The van der Waals surface area contributed by atoms with Gasteiger partial charge in [0.25, 0.3) is 0 Å². The molecule has 3 aliphatic rings. The Morgan fingerprint density at radius 3 is 2.97 bits per heavy atom. The van der Waals surface area contributed by atoms with E-state index < -0.39 is 17.4 Å². The number of benzene rings is 1. The molecule has 1 aromatic carbocycles. The molecule has 30 heavy (non-hydrogen) atoms. The lowest BCUT2D eigenvalue weighted by Crippen LogP contribution is -2.44. The molecule has 1 N–H and O–H groups in total. The van der Waals surface area contributed by atoms with Crippen molar-refractivity contribution in [1.82, 2.24) is 20.0 Å². The fourth-order valence-electron chi connectivity index (χ4n) is 4.80. The molecule has 2 saturated heterocycles. The Labute approximate surface area is 174 Å². The zero-order valence-electron chi connectivity index (χ0n) is 16.7. The molecule has 5 rings (SSSR count). The molecule has 4 atom stereocenters. The lowest BCUT2D eigenvalue weighted by molar-refractivity contribution is -0.142. The van der Waals surface area contributed by atoms with Crippen LogP contribution in [0.5, 0.6) is 5.75 Å². The van der Waals surface area contributed by atoms with E-state index in [0.29, 0.717) is 26.2 Å². The molecule has 0 unspecified atom stereocenters. The number of nitrogens with one attached hydrogen (secondary N) is 1. The normalized spacial score (nSPS) is 28.8. The summed E-state index contributed by atoms with van der Waals surface area (Å²) < 4.78 is 11.9. The number of H-pyrrole nitrogens is 1. The Bertz CT molecular complexity index is 961. The van der Waals surface area contributed by atoms with Gasteiger partial charge in [0.1, 0.15) is 18.0 Å². The number of hydrogen-bond acceptors (Lipinski definition) is 5. The van der Waals surface area contributed by atoms with Gasteiger partial charge in [-0.1, -0.05) is 30.4 Å². The van der Waals surface area contributed by atoms with Crippen LogP contribution in [0, 0.1) is 11.8 Å². The second-order valence-electron chi connectivity index (χ2n) is 8.10. The minimum atomic E-state index is -0.705. The third-order valence-electron chi connectivity index (χ3n) is 6.18. The smallest absolute Gasteiger partial charge is 0.230 e. The van der Waals surface area contributed by atoms with Crippen molar-refractivity contribution in [3.8, 4) is 5.75 Å². The summed E-state index contributed by atoms with van der Waals surface area (Å²) in [6, 6.07) is 11.4. The topological polar surface area (TPSA) is 87.8 Å². The Morgan fingerprint density at radius 1 is 1.37 bits per heavy atom. The number of nitrogens with zero attached hydrogens (tertiary/aromatic N) is 3. The molecule has 8 heteroatoms. The van der Waals surface area contributed by atoms with Crippen LogP contribution in [0.4, 0.5) is 0 Å². The molecule has 8 nitrogen and oxygen atoms in total. The lowest BCUT2D eigenvalue weighted by atomic mass is 9.76. The lowest BCUT2D eigenvalue weighted by Gasteiger charge is -2.27. The fraction of sp³-hybridized carbons (Fsp3) is 0.409. The van der Waals surface area contributed by atoms with Crippen LogP contribution in [0.2, 0.25) is 0 Å². The van der Waals surface area contributed by atoms with Crippen LogP contribution in [0.25, 0.3) is 0 Å². The minimum absolute atomic E-state index is 0.0354. The van der Waals surface area contributed by atoms with Gasteiger partial charge in [-0.2, -0.15) is 5.10 Å². The Kier molecular flexibility index (Phi) is 4.58. The highest BCUT2D eigenvalue weighted by Crippen LogP contribution is 2.52. The van der Waals surface area contributed by atoms with Crippen molar-refractivity contribution >= 4 is 11.8 Å². The van der Waals surface area contributed by atoms with E-state index >= 15 is 0 Å². The molecule has 0 radical (unpaired) electrons. The summed E-state index contributed by atoms with van der Waals surface area (Å²) in [6.07, 6.45) is 5.21. The van der Waals surface area contributed by atoms with Gasteiger partial charge in [-0.05, 0) is 18.2 Å². The second-order valence-corrected chi connectivity index (χ2v) is 8.10. The van der Waals surface area contributed by atoms with E-state index in [2.05, 4.69) is 10.2 Å². The Morgan fingerprint density at radius 2 is 2.20 bits per heavy atom. The predicted molar refractivity (Wildman–Crippen MR) is 107 cm³/mol. The van der Waals surface area contributed by atoms with E-state index in [0.717, 1.165) is 11.4 Å². The van der Waals surface area contributed by atoms with Crippen molar-refractivity contribution in [2.24, 2.45) is 11.8 Å². The van der Waals surface area contributed by atoms with Crippen molar-refractivity contribution in [2.45, 2.75) is 18.2 Å². The SMILES string of the molecule is CN(Cc1ccn[nH]1)C(=O)[C@H]1[C@@H]2C=C[C@@]3(CN(CCOc4ccccc4)C(=O)[C@H]13)O2. The summed E-state index contributed by atoms with van der Waals surface area (Å²) in [5, 5.41) is 6.79. The standard InChI is InChI=1S/C22H24N4O4/c1-25(13-15-8-10-23-24-15)20(27)18-17-7-9-22(30-17)14-26(21(28)19(18)22)11-12-29-16-5-3-2-4-6-16/h2-10,17-19H,11-14H2,1H3,(H,23,24)/t17-,18-,19-,22-/m0/s1. The molecule has 1 aromatic heterocycles. The van der Waals surface area contributed by atoms with E-state index in [-0.39, 0.29) is 17.9 Å². The maximum Gasteiger partial charge on any atom is 0.230 e. The molecule has 2 aromatic rings. The summed E-state index contributed by atoms with van der Waals surface area (Å²) in [7, 11) is 1.75. The van der Waals surface area contributed by atoms with Gasteiger partial charge in [0.15, 0.2) is 0 Å². The summed E-state index contributed by atoms with van der Waals surface area (Å²) in [5.74, 6) is -0.335. The largest absolute Gasteiger partial charge is 0.492 e. The third kappa shape index (κ3) is 3.08. The Balaban J connectivity index is 1.27. The Hall–Kier alpha value is -3.13. The maximum absolute atomic E-state index is 13.2. The van der Waals surface area contributed by atoms with Crippen LogP contribution in [0.15, 0.2) is 54.7 Å². The molecule has 2 amide bonds. The quantitative estimate of drug-likeness (QED) is 0.697. The van der Waals surface area contributed by atoms with E-state index in [1.807, 2.05) is 48.6 Å². The van der Waals surface area contributed by atoms with Crippen LogP contribution in [-0.2, 0) is 20.9 Å². The number of aromatic amines is 1. The van der Waals surface area contributed by atoms with Gasteiger partial charge in [0.05, 0.1) is 43.3 Å². The van der Waals surface area contributed by atoms with Crippen LogP contribution in [-0.4, -0.2) is 70.3 Å². The van der Waals surface area contributed by atoms with Gasteiger partial charge in [0, 0.05) is 13.2 Å². The average Bonchev–Trinajstić information content (AvgIpc) is 3.51. The highest BCUT2D eigenvalue weighted by Gasteiger charge is 2.67. The van der Waals surface area contributed by atoms with Crippen molar-refractivity contribution in [2.75, 3.05) is 26.7 Å². The highest BCUT2D eigenvalue weighted by atomic mass is 16.5. The zero-order chi connectivity index (χ0) is 20.7. The molecule has 156 valence electrons. The highest BCUT2D eigenvalue weighted by molar-refractivity contribution is 5.93. The predicted octanol–water partition coefficient (Wildman–Crippen LogP) is 1.23. The summed E-state index contributed by atoms with van der Waals surface area (Å²) >= 11 is 0. The van der Waals surface area contributed by atoms with E-state index in [9.17, 15) is 9.59 Å². The van der Waals surface area contributed by atoms with Gasteiger partial charge < -0.3 is 19.3 Å². The number of ether oxygens (including phenoxy) is 2. The zero-order valence-corrected chi connectivity index (χ0v) is 16.7. The van der Waals surface area contributed by atoms with Gasteiger partial charge >= 0.3 is 0 Å². The number of para-hydroxylation sites is 1. The first kappa shape index (κ1) is 18.9. The first-order valence-electron chi connectivity index (χ1n) is 10.1. The summed E-state index contributed by atoms with van der Waals surface area (Å²) in [4.78, 5) is 29.9. The summed E-state index contributed by atoms with van der Waals surface area (Å²) in [6.45, 7) is 1.72. The van der Waals surface area contributed by atoms with Crippen molar-refractivity contribution in [1.29, 1.82) is 0 Å². The monoisotopic (exact) mass is 408 g/mol. The van der Waals surface area contributed by atoms with Crippen LogP contribution in [0.1, 0.15) is 5.69 Å². The first-order valence-corrected chi connectivity index (χ1v) is 10.1. The summed E-state index contributed by atoms with van der Waals surface area (Å²) in [5.41, 5.74) is 0.140. The van der Waals surface area contributed by atoms with Gasteiger partial charge in [-0.3, -0.25) is 14.7 Å². The molecule has 4 heterocycles. The van der Waals surface area contributed by atoms with Gasteiger partial charge in [-0.25, -0.2) is 0 Å². The molecule has 0 aliphatic carbocycles. The molecule has 2 fully saturated rings. The van der Waals surface area contributed by atoms with Crippen LogP contribution < -0.4 is 4.74 Å². The number of fused-ring (bicyclic) bond motifs is 1. The first-order chi connectivity index (χ1) is 14.6. The molecule has 1 spiro atoms. The fourth-order valence-corrected chi connectivity index (χ4v) is 4.80. The van der Waals surface area contributed by atoms with Gasteiger partial charge in [-0.15, -0.1) is 0 Å².